The zero-order chi connectivity index (χ0) is 14.7. The molecule has 0 bridgehead atoms. The Hall–Kier alpha value is -1.19. The van der Waals surface area contributed by atoms with Crippen LogP contribution in [-0.4, -0.2) is 54.2 Å². The first-order valence-electron chi connectivity index (χ1n) is 4.53. The Morgan fingerprint density at radius 3 is 1.79 bits per heavy atom. The fourth-order valence-corrected chi connectivity index (χ4v) is 2.57. The second-order valence-electron chi connectivity index (χ2n) is 3.56. The van der Waals surface area contributed by atoms with Gasteiger partial charge >= 0.3 is 25.5 Å². The molecular weight excluding hydrogens is 309 g/mol. The molecule has 0 aromatic carbocycles. The van der Waals surface area contributed by atoms with Crippen molar-refractivity contribution in [3.05, 3.63) is 0 Å². The lowest BCUT2D eigenvalue weighted by atomic mass is 9.94. The maximum atomic E-state index is 11.3. The average Bonchev–Trinajstić information content (AvgIpc) is 2.14. The Balaban J connectivity index is 0. The first-order chi connectivity index (χ1) is 7.96. The van der Waals surface area contributed by atoms with Crippen LogP contribution in [0.15, 0.2) is 0 Å². The summed E-state index contributed by atoms with van der Waals surface area (Å²) in [6.07, 6.45) is -1.95. The summed E-state index contributed by atoms with van der Waals surface area (Å²) in [5.74, 6) is -5.45. The maximum absolute atomic E-state index is 11.3. The van der Waals surface area contributed by atoms with Crippen molar-refractivity contribution in [1.82, 2.24) is 0 Å². The van der Waals surface area contributed by atoms with Crippen molar-refractivity contribution in [3.8, 4) is 0 Å². The van der Waals surface area contributed by atoms with E-state index in [2.05, 4.69) is 5.73 Å². The summed E-state index contributed by atoms with van der Waals surface area (Å²) in [4.78, 5) is 50.3. The van der Waals surface area contributed by atoms with Gasteiger partial charge in [0.1, 0.15) is 0 Å². The van der Waals surface area contributed by atoms with Gasteiger partial charge in [-0.25, -0.2) is 4.79 Å². The molecule has 0 aliphatic carbocycles. The van der Waals surface area contributed by atoms with Gasteiger partial charge in [0.2, 0.25) is 11.2 Å². The number of carboxylic acid groups (broad SMARTS) is 3. The van der Waals surface area contributed by atoms with Gasteiger partial charge in [0.25, 0.3) is 0 Å². The molecule has 0 saturated carbocycles. The molecule has 19 heavy (non-hydrogen) atoms. The van der Waals surface area contributed by atoms with E-state index in [-0.39, 0.29) is 12.4 Å². The standard InChI is InChI=1S/C7H12NO9P.ClH/c8-4(5(11)12)7(6(13)14,18(15,16)17)2-1-3(9)10;/h4H,1-2,8H2,(H,9,10)(H,11,12)(H,13,14)(H2,15,16,17);1H/t4-,7+;/m1./s1. The minimum atomic E-state index is -5.44. The molecule has 0 fully saturated rings. The van der Waals surface area contributed by atoms with E-state index in [4.69, 9.17) is 25.1 Å². The van der Waals surface area contributed by atoms with Gasteiger partial charge in [0, 0.05) is 6.42 Å². The van der Waals surface area contributed by atoms with E-state index >= 15 is 0 Å². The number of hydrogen-bond acceptors (Lipinski definition) is 4. The summed E-state index contributed by atoms with van der Waals surface area (Å²) in [6, 6.07) is -2.19. The van der Waals surface area contributed by atoms with Gasteiger partial charge in [-0.05, 0) is 6.42 Å². The van der Waals surface area contributed by atoms with Crippen LogP contribution in [0.2, 0.25) is 0 Å². The van der Waals surface area contributed by atoms with Crippen LogP contribution < -0.4 is 18.1 Å². The molecule has 12 heteroatoms. The van der Waals surface area contributed by atoms with Crippen LogP contribution in [0.3, 0.4) is 0 Å². The highest BCUT2D eigenvalue weighted by atomic mass is 35.5. The minimum Gasteiger partial charge on any atom is -1.00 e. The Morgan fingerprint density at radius 1 is 1.16 bits per heavy atom. The number of carboxylic acids is 3. The number of hydrogen-bond donors (Lipinski definition) is 6. The molecule has 0 aromatic rings. The third-order valence-electron chi connectivity index (χ3n) is 2.48. The molecule has 10 nitrogen and oxygen atoms in total. The SMILES string of the molecule is [Cl-].[NH3+][C@H](C(=O)O)[C@@](CCC(=O)O)(C(=O)O)P(=O)(O)O. The predicted molar refractivity (Wildman–Crippen MR) is 53.6 cm³/mol. The van der Waals surface area contributed by atoms with Crippen LogP contribution in [-0.2, 0) is 18.9 Å². The van der Waals surface area contributed by atoms with Gasteiger partial charge in [-0.3, -0.25) is 14.2 Å². The predicted octanol–water partition coefficient (Wildman–Crippen LogP) is -5.45. The van der Waals surface area contributed by atoms with Gasteiger partial charge < -0.3 is 43.2 Å². The molecule has 112 valence electrons. The zero-order valence-electron chi connectivity index (χ0n) is 9.39. The number of aliphatic carboxylic acids is 3. The summed E-state index contributed by atoms with van der Waals surface area (Å²) in [5, 5.41) is 23.0. The van der Waals surface area contributed by atoms with Crippen molar-refractivity contribution in [2.24, 2.45) is 0 Å². The molecule has 2 atom stereocenters. The third kappa shape index (κ3) is 4.15. The van der Waals surface area contributed by atoms with E-state index in [1.54, 1.807) is 0 Å². The van der Waals surface area contributed by atoms with Gasteiger partial charge in [-0.15, -0.1) is 0 Å². The van der Waals surface area contributed by atoms with Crippen LogP contribution in [0.25, 0.3) is 0 Å². The summed E-state index contributed by atoms with van der Waals surface area (Å²) >= 11 is 0. The quantitative estimate of drug-likeness (QED) is 0.248. The molecule has 0 spiro atoms. The second kappa shape index (κ2) is 6.83. The molecule has 0 aliphatic rings. The molecule has 0 aromatic heterocycles. The van der Waals surface area contributed by atoms with Gasteiger partial charge in [0.05, 0.1) is 0 Å². The first-order valence-corrected chi connectivity index (χ1v) is 6.14. The lowest BCUT2D eigenvalue weighted by molar-refractivity contribution is -0.414. The molecule has 0 aliphatic heterocycles. The molecule has 0 radical (unpaired) electrons. The molecule has 0 heterocycles. The number of rotatable bonds is 7. The molecule has 0 rings (SSSR count). The Bertz CT molecular complexity index is 421. The smallest absolute Gasteiger partial charge is 0.364 e. The second-order valence-corrected chi connectivity index (χ2v) is 5.44. The topological polar surface area (TPSA) is 197 Å². The minimum absolute atomic E-state index is 0. The van der Waals surface area contributed by atoms with E-state index < -0.39 is 49.5 Å². The van der Waals surface area contributed by atoms with Crippen molar-refractivity contribution < 1.29 is 62.2 Å². The Kier molecular flexibility index (Phi) is 7.23. The Morgan fingerprint density at radius 2 is 1.58 bits per heavy atom. The van der Waals surface area contributed by atoms with Crippen molar-refractivity contribution in [2.75, 3.05) is 0 Å². The molecule has 0 saturated heterocycles. The Labute approximate surface area is 112 Å². The fraction of sp³-hybridized carbons (Fsp3) is 0.571. The van der Waals surface area contributed by atoms with E-state index in [9.17, 15) is 18.9 Å². The van der Waals surface area contributed by atoms with Crippen LogP contribution in [0.4, 0.5) is 0 Å². The highest BCUT2D eigenvalue weighted by molar-refractivity contribution is 7.55. The van der Waals surface area contributed by atoms with E-state index in [1.807, 2.05) is 0 Å². The van der Waals surface area contributed by atoms with Gasteiger partial charge in [0.15, 0.2) is 0 Å². The van der Waals surface area contributed by atoms with Crippen molar-refractivity contribution in [2.45, 2.75) is 24.0 Å². The third-order valence-corrected chi connectivity index (χ3v) is 4.25. The van der Waals surface area contributed by atoms with E-state index in [0.717, 1.165) is 0 Å². The van der Waals surface area contributed by atoms with Crippen LogP contribution in [0.5, 0.6) is 0 Å². The van der Waals surface area contributed by atoms with Crippen molar-refractivity contribution in [3.63, 3.8) is 0 Å². The maximum Gasteiger partial charge on any atom is 0.364 e. The van der Waals surface area contributed by atoms with Crippen LogP contribution in [0.1, 0.15) is 12.8 Å². The van der Waals surface area contributed by atoms with E-state index in [1.165, 1.54) is 0 Å². The van der Waals surface area contributed by atoms with Crippen molar-refractivity contribution in [1.29, 1.82) is 0 Å². The largest absolute Gasteiger partial charge is 1.00 e. The first kappa shape index (κ1) is 20.1. The molecule has 0 amide bonds. The number of carbonyl (C=O) groups is 3. The van der Waals surface area contributed by atoms with Crippen LogP contribution >= 0.6 is 7.60 Å². The zero-order valence-corrected chi connectivity index (χ0v) is 11.0. The van der Waals surface area contributed by atoms with Gasteiger partial charge in [-0.2, -0.15) is 0 Å². The lowest BCUT2D eigenvalue weighted by Gasteiger charge is -2.30. The van der Waals surface area contributed by atoms with Gasteiger partial charge in [-0.1, -0.05) is 0 Å². The summed E-state index contributed by atoms with van der Waals surface area (Å²) in [5.41, 5.74) is 2.91. The van der Waals surface area contributed by atoms with E-state index in [0.29, 0.717) is 0 Å². The fourth-order valence-electron chi connectivity index (χ4n) is 1.41. The highest BCUT2D eigenvalue weighted by Crippen LogP contribution is 2.54. The lowest BCUT2D eigenvalue weighted by Crippen LogP contribution is -3.00. The van der Waals surface area contributed by atoms with Crippen LogP contribution in [0, 0.1) is 0 Å². The summed E-state index contributed by atoms with van der Waals surface area (Å²) < 4.78 is 11.3. The molecule has 0 unspecified atom stereocenters. The molecular formula is C7H13ClNO9P. The normalized spacial score (nSPS) is 15.7. The average molecular weight is 322 g/mol. The number of halogens is 1. The number of quaternary nitrogens is 1. The molecule has 8 N–H and O–H groups in total. The highest BCUT2D eigenvalue weighted by Gasteiger charge is 2.63. The summed E-state index contributed by atoms with van der Waals surface area (Å²) in [7, 11) is -5.44. The van der Waals surface area contributed by atoms with Crippen molar-refractivity contribution >= 4 is 25.5 Å². The summed E-state index contributed by atoms with van der Waals surface area (Å²) in [6.45, 7) is 0. The monoisotopic (exact) mass is 321 g/mol.